The maximum Gasteiger partial charge on any atom is 2.00 e. The van der Waals surface area contributed by atoms with E-state index in [0.29, 0.717) is 0 Å². The predicted octanol–water partition coefficient (Wildman–Crippen LogP) is -2.43. The molecule has 0 aromatic heterocycles. The summed E-state index contributed by atoms with van der Waals surface area (Å²) in [5.74, 6) is 0. The first-order valence-electron chi connectivity index (χ1n) is 0. The van der Waals surface area contributed by atoms with Gasteiger partial charge in [0, 0.05) is 17.1 Å². The van der Waals surface area contributed by atoms with E-state index in [4.69, 9.17) is 0 Å². The summed E-state index contributed by atoms with van der Waals surface area (Å²) in [6, 6.07) is 0. The van der Waals surface area contributed by atoms with Crippen LogP contribution in [-0.2, 0) is 17.1 Å². The molecule has 0 atom stereocenters. The van der Waals surface area contributed by atoms with Gasteiger partial charge in [0.05, 0.1) is 0 Å². The zero-order valence-electron chi connectivity index (χ0n) is 3.56. The maximum atomic E-state index is 0. The molecule has 0 aliphatic carbocycles. The van der Waals surface area contributed by atoms with Gasteiger partial charge in [0.2, 0.25) is 0 Å². The van der Waals surface area contributed by atoms with E-state index in [1.54, 1.807) is 0 Å². The normalized spacial score (nSPS) is 0. The minimum Gasteiger partial charge on any atom is -1.00 e. The van der Waals surface area contributed by atoms with Crippen LogP contribution in [0.1, 0.15) is 2.85 Å². The van der Waals surface area contributed by atoms with Gasteiger partial charge in [-0.2, -0.15) is 0 Å². The molecular formula is H8CaFeOSi. The van der Waals surface area contributed by atoms with Crippen LogP contribution >= 0.6 is 0 Å². The standard InChI is InChI=1S/Ca.Fe.H2O.H4Si.2H/h;;1H2;1H4;;/q+2;;;;2*-1. The molecule has 0 amide bonds. The first-order valence-corrected chi connectivity index (χ1v) is 0. The second-order valence-electron chi connectivity index (χ2n) is 0. The van der Waals surface area contributed by atoms with Crippen molar-refractivity contribution in [2.75, 3.05) is 0 Å². The molecule has 0 saturated heterocycles. The van der Waals surface area contributed by atoms with Crippen LogP contribution in [0.5, 0.6) is 0 Å². The van der Waals surface area contributed by atoms with Crippen molar-refractivity contribution in [3.63, 3.8) is 0 Å². The smallest absolute Gasteiger partial charge is 1.00 e. The molecule has 4 heavy (non-hydrogen) atoms. The molecule has 0 saturated carbocycles. The Labute approximate surface area is 73.3 Å². The Morgan fingerprint density at radius 1 is 1.25 bits per heavy atom. The van der Waals surface area contributed by atoms with Crippen LogP contribution in [0.15, 0.2) is 0 Å². The third-order valence-corrected chi connectivity index (χ3v) is 0. The van der Waals surface area contributed by atoms with Crippen molar-refractivity contribution in [2.45, 2.75) is 0 Å². The van der Waals surface area contributed by atoms with Crippen LogP contribution in [0.4, 0.5) is 0 Å². The first-order chi connectivity index (χ1) is 0. The fourth-order valence-electron chi connectivity index (χ4n) is 0. The van der Waals surface area contributed by atoms with Crippen LogP contribution < -0.4 is 0 Å². The van der Waals surface area contributed by atoms with Gasteiger partial charge in [-0.25, -0.2) is 0 Å². The molecule has 0 unspecified atom stereocenters. The first kappa shape index (κ1) is 38.2. The monoisotopic (exact) mass is 148 g/mol. The van der Waals surface area contributed by atoms with E-state index < -0.39 is 0 Å². The van der Waals surface area contributed by atoms with Gasteiger partial charge in [-0.15, -0.1) is 0 Å². The summed E-state index contributed by atoms with van der Waals surface area (Å²) < 4.78 is 0. The van der Waals surface area contributed by atoms with Crippen LogP contribution in [0.2, 0.25) is 0 Å². The van der Waals surface area contributed by atoms with Crippen molar-refractivity contribution < 1.29 is 25.4 Å². The molecule has 0 fully saturated rings. The van der Waals surface area contributed by atoms with Gasteiger partial charge in [0.1, 0.15) is 0 Å². The molecule has 0 radical (unpaired) electrons. The molecule has 0 aromatic carbocycles. The Kier molecular flexibility index (Phi) is 194. The summed E-state index contributed by atoms with van der Waals surface area (Å²) in [6.45, 7) is 0. The van der Waals surface area contributed by atoms with Gasteiger partial charge in [-0.05, 0) is 11.0 Å². The fourth-order valence-corrected chi connectivity index (χ4v) is 0. The number of rotatable bonds is 0. The molecule has 0 aliphatic rings. The van der Waals surface area contributed by atoms with E-state index in [1.165, 1.54) is 0 Å². The third kappa shape index (κ3) is 9.03. The topological polar surface area (TPSA) is 31.5 Å². The Hall–Kier alpha value is 1.96. The van der Waals surface area contributed by atoms with Gasteiger partial charge >= 0.3 is 37.7 Å². The average molecular weight is 148 g/mol. The fraction of sp³-hybridized carbons (Fsp3) is 0. The molecule has 0 aliphatic heterocycles. The zero-order chi connectivity index (χ0) is 0. The van der Waals surface area contributed by atoms with E-state index in [2.05, 4.69) is 0 Å². The molecule has 0 bridgehead atoms. The molecule has 0 rings (SSSR count). The van der Waals surface area contributed by atoms with Crippen LogP contribution in [0, 0.1) is 0 Å². The van der Waals surface area contributed by atoms with Crippen LogP contribution in [-0.4, -0.2) is 54.2 Å². The van der Waals surface area contributed by atoms with E-state index in [-0.39, 0.29) is 74.1 Å². The molecule has 0 aromatic rings. The SMILES string of the molecule is O.[Ca+2].[Fe].[H-].[H-].[SiH4]. The van der Waals surface area contributed by atoms with Crippen molar-refractivity contribution >= 4 is 48.7 Å². The third-order valence-electron chi connectivity index (χ3n) is 0. The molecule has 2 N–H and O–H groups in total. The van der Waals surface area contributed by atoms with Crippen molar-refractivity contribution in [3.05, 3.63) is 0 Å². The summed E-state index contributed by atoms with van der Waals surface area (Å²) in [4.78, 5) is 0. The van der Waals surface area contributed by atoms with Gasteiger partial charge in [-0.1, -0.05) is 0 Å². The Morgan fingerprint density at radius 3 is 1.25 bits per heavy atom. The number of hydrogen-bond acceptors (Lipinski definition) is 0. The summed E-state index contributed by atoms with van der Waals surface area (Å²) in [6.07, 6.45) is 0. The van der Waals surface area contributed by atoms with E-state index in [9.17, 15) is 0 Å². The second-order valence-corrected chi connectivity index (χ2v) is 0. The van der Waals surface area contributed by atoms with Crippen molar-refractivity contribution in [2.24, 2.45) is 0 Å². The average Bonchev–Trinajstić information content (AvgIpc) is 0. The predicted molar refractivity (Wildman–Crippen MR) is 22.9 cm³/mol. The summed E-state index contributed by atoms with van der Waals surface area (Å²) in [5.41, 5.74) is 0. The van der Waals surface area contributed by atoms with Crippen molar-refractivity contribution in [1.29, 1.82) is 0 Å². The molecule has 1 nitrogen and oxygen atoms in total. The summed E-state index contributed by atoms with van der Waals surface area (Å²) >= 11 is 0. The van der Waals surface area contributed by atoms with Gasteiger partial charge < -0.3 is 8.33 Å². The van der Waals surface area contributed by atoms with E-state index >= 15 is 0 Å². The zero-order valence-corrected chi connectivity index (χ0v) is 4.87. The number of hydrogen-bond donors (Lipinski definition) is 0. The van der Waals surface area contributed by atoms with Crippen molar-refractivity contribution in [3.8, 4) is 0 Å². The van der Waals surface area contributed by atoms with Crippen molar-refractivity contribution in [1.82, 2.24) is 0 Å². The summed E-state index contributed by atoms with van der Waals surface area (Å²) in [5, 5.41) is 0. The Bertz CT molecular complexity index is 13.5. The largest absolute Gasteiger partial charge is 2.00 e. The molecular weight excluding hydrogens is 140 g/mol. The van der Waals surface area contributed by atoms with Gasteiger partial charge in [-0.3, -0.25) is 0 Å². The molecule has 0 heterocycles. The van der Waals surface area contributed by atoms with Gasteiger partial charge in [0.15, 0.2) is 0 Å². The molecule has 28 valence electrons. The second kappa shape index (κ2) is 20.3. The minimum absolute atomic E-state index is 0. The maximum absolute atomic E-state index is 0. The quantitative estimate of drug-likeness (QED) is 0.342. The van der Waals surface area contributed by atoms with Crippen LogP contribution in [0.3, 0.4) is 0 Å². The van der Waals surface area contributed by atoms with Gasteiger partial charge in [0.25, 0.3) is 0 Å². The minimum atomic E-state index is 0. The molecule has 0 spiro atoms. The van der Waals surface area contributed by atoms with E-state index in [1.807, 2.05) is 0 Å². The Morgan fingerprint density at radius 2 is 1.25 bits per heavy atom. The van der Waals surface area contributed by atoms with E-state index in [0.717, 1.165) is 0 Å². The Balaban J connectivity index is 0. The summed E-state index contributed by atoms with van der Waals surface area (Å²) in [7, 11) is 0. The molecule has 4 heteroatoms. The van der Waals surface area contributed by atoms with Crippen LogP contribution in [0.25, 0.3) is 0 Å².